The van der Waals surface area contributed by atoms with Gasteiger partial charge in [0.2, 0.25) is 0 Å². The van der Waals surface area contributed by atoms with Crippen molar-refractivity contribution in [1.29, 1.82) is 0 Å². The van der Waals surface area contributed by atoms with Gasteiger partial charge in [-0.3, -0.25) is 4.79 Å². The van der Waals surface area contributed by atoms with Crippen LogP contribution in [0.2, 0.25) is 0 Å². The highest BCUT2D eigenvalue weighted by atomic mass is 16.7. The van der Waals surface area contributed by atoms with Gasteiger partial charge in [-0.05, 0) is 12.5 Å². The number of carbonyl (C=O) groups excluding carboxylic acids is 2. The third-order valence-corrected chi connectivity index (χ3v) is 2.27. The molecule has 0 amide bonds. The molecule has 0 bridgehead atoms. The normalized spacial score (nSPS) is 13.7. The van der Waals surface area contributed by atoms with Gasteiger partial charge in [0.25, 0.3) is 5.79 Å². The summed E-state index contributed by atoms with van der Waals surface area (Å²) in [6.45, 7) is 1.41. The van der Waals surface area contributed by atoms with Crippen molar-refractivity contribution in [3.8, 4) is 0 Å². The maximum atomic E-state index is 11.7. The van der Waals surface area contributed by atoms with Crippen LogP contribution >= 0.6 is 0 Å². The molecule has 0 heterocycles. The van der Waals surface area contributed by atoms with Crippen molar-refractivity contribution in [3.63, 3.8) is 0 Å². The fraction of sp³-hybridized carbons (Fsp3) is 0.385. The minimum absolute atomic E-state index is 0.0284. The third kappa shape index (κ3) is 3.94. The molecule has 0 fully saturated rings. The number of ether oxygens (including phenoxy) is 2. The van der Waals surface area contributed by atoms with Crippen LogP contribution in [0.1, 0.15) is 12.5 Å². The summed E-state index contributed by atoms with van der Waals surface area (Å²) >= 11 is 0. The minimum atomic E-state index is -2.06. The molecule has 0 aromatic heterocycles. The number of benzene rings is 1. The fourth-order valence-electron chi connectivity index (χ4n) is 1.52. The number of hydrogen-bond acceptors (Lipinski definition) is 5. The molecule has 0 aliphatic heterocycles. The SMILES string of the molecule is CCOC(O)(Cc1ccccc1)C(=O)OCC=O. The van der Waals surface area contributed by atoms with E-state index in [1.54, 1.807) is 31.2 Å². The number of hydrogen-bond donors (Lipinski definition) is 1. The summed E-state index contributed by atoms with van der Waals surface area (Å²) in [7, 11) is 0. The van der Waals surface area contributed by atoms with Crippen LogP contribution in [0.5, 0.6) is 0 Å². The molecule has 5 heteroatoms. The van der Waals surface area contributed by atoms with E-state index in [4.69, 9.17) is 4.74 Å². The average Bonchev–Trinajstić information content (AvgIpc) is 2.37. The van der Waals surface area contributed by atoms with Crippen LogP contribution in [0, 0.1) is 0 Å². The van der Waals surface area contributed by atoms with Gasteiger partial charge in [-0.1, -0.05) is 30.3 Å². The summed E-state index contributed by atoms with van der Waals surface area (Å²) in [5.41, 5.74) is 0.733. The first-order valence-electron chi connectivity index (χ1n) is 5.63. The number of aldehydes is 1. The van der Waals surface area contributed by atoms with E-state index in [0.29, 0.717) is 6.29 Å². The molecule has 98 valence electrons. The minimum Gasteiger partial charge on any atom is -0.454 e. The second-order valence-corrected chi connectivity index (χ2v) is 3.64. The predicted molar refractivity (Wildman–Crippen MR) is 63.7 cm³/mol. The lowest BCUT2D eigenvalue weighted by molar-refractivity contribution is -0.226. The van der Waals surface area contributed by atoms with Crippen LogP contribution in [-0.2, 0) is 25.5 Å². The Balaban J connectivity index is 2.79. The van der Waals surface area contributed by atoms with Gasteiger partial charge < -0.3 is 14.6 Å². The highest BCUT2D eigenvalue weighted by molar-refractivity contribution is 5.79. The highest BCUT2D eigenvalue weighted by Gasteiger charge is 2.39. The Kier molecular flexibility index (Phi) is 5.48. The Bertz CT molecular complexity index is 390. The van der Waals surface area contributed by atoms with Crippen LogP contribution in [0.4, 0.5) is 0 Å². The number of aliphatic hydroxyl groups is 1. The maximum Gasteiger partial charge on any atom is 0.367 e. The maximum absolute atomic E-state index is 11.7. The average molecular weight is 252 g/mol. The molecular weight excluding hydrogens is 236 g/mol. The Hall–Kier alpha value is -1.72. The molecule has 18 heavy (non-hydrogen) atoms. The van der Waals surface area contributed by atoms with Gasteiger partial charge in [0.1, 0.15) is 6.61 Å². The van der Waals surface area contributed by atoms with E-state index in [1.807, 2.05) is 6.07 Å². The Labute approximate surface area is 105 Å². The first-order chi connectivity index (χ1) is 8.62. The van der Waals surface area contributed by atoms with Crippen LogP contribution in [0.25, 0.3) is 0 Å². The van der Waals surface area contributed by atoms with Gasteiger partial charge >= 0.3 is 5.97 Å². The summed E-state index contributed by atoms with van der Waals surface area (Å²) in [5, 5.41) is 10.1. The zero-order valence-electron chi connectivity index (χ0n) is 10.2. The Morgan fingerprint density at radius 2 is 2.06 bits per heavy atom. The largest absolute Gasteiger partial charge is 0.454 e. The molecule has 0 aliphatic carbocycles. The molecule has 1 aromatic carbocycles. The molecule has 0 radical (unpaired) electrons. The quantitative estimate of drug-likeness (QED) is 0.439. The fourth-order valence-corrected chi connectivity index (χ4v) is 1.52. The zero-order chi connectivity index (χ0) is 13.4. The van der Waals surface area contributed by atoms with Crippen molar-refractivity contribution in [2.45, 2.75) is 19.1 Å². The van der Waals surface area contributed by atoms with E-state index < -0.39 is 18.4 Å². The molecule has 0 spiro atoms. The van der Waals surface area contributed by atoms with Crippen LogP contribution < -0.4 is 0 Å². The first kappa shape index (κ1) is 14.3. The summed E-state index contributed by atoms with van der Waals surface area (Å²) < 4.78 is 9.66. The van der Waals surface area contributed by atoms with Crippen LogP contribution in [-0.4, -0.2) is 36.4 Å². The van der Waals surface area contributed by atoms with Gasteiger partial charge in [-0.15, -0.1) is 0 Å². The standard InChI is InChI=1S/C13H16O5/c1-2-18-13(16,12(15)17-9-8-14)10-11-6-4-3-5-7-11/h3-8,16H,2,9-10H2,1H3. The van der Waals surface area contributed by atoms with Gasteiger partial charge in [0.15, 0.2) is 6.29 Å². The predicted octanol–water partition coefficient (Wildman–Crippen LogP) is 0.696. The lowest BCUT2D eigenvalue weighted by Crippen LogP contribution is -2.45. The van der Waals surface area contributed by atoms with Crippen molar-refractivity contribution < 1.29 is 24.2 Å². The molecular formula is C13H16O5. The van der Waals surface area contributed by atoms with E-state index in [2.05, 4.69) is 4.74 Å². The lowest BCUT2D eigenvalue weighted by Gasteiger charge is -2.25. The van der Waals surface area contributed by atoms with Gasteiger partial charge in [0.05, 0.1) is 0 Å². The van der Waals surface area contributed by atoms with Crippen molar-refractivity contribution in [2.75, 3.05) is 13.2 Å². The number of rotatable bonds is 7. The van der Waals surface area contributed by atoms with Crippen LogP contribution in [0.15, 0.2) is 30.3 Å². The molecule has 1 unspecified atom stereocenters. The van der Waals surface area contributed by atoms with Gasteiger partial charge in [-0.25, -0.2) is 4.79 Å². The molecule has 5 nitrogen and oxygen atoms in total. The topological polar surface area (TPSA) is 72.8 Å². The Morgan fingerprint density at radius 3 is 2.61 bits per heavy atom. The molecule has 1 atom stereocenters. The van der Waals surface area contributed by atoms with Crippen LogP contribution in [0.3, 0.4) is 0 Å². The Morgan fingerprint density at radius 1 is 1.39 bits per heavy atom. The third-order valence-electron chi connectivity index (χ3n) is 2.27. The summed E-state index contributed by atoms with van der Waals surface area (Å²) in [4.78, 5) is 21.8. The first-order valence-corrected chi connectivity index (χ1v) is 5.63. The van der Waals surface area contributed by atoms with E-state index >= 15 is 0 Å². The molecule has 0 saturated heterocycles. The van der Waals surface area contributed by atoms with Crippen molar-refractivity contribution in [3.05, 3.63) is 35.9 Å². The summed E-state index contributed by atoms with van der Waals surface area (Å²) in [5.74, 6) is -3.01. The van der Waals surface area contributed by atoms with E-state index in [-0.39, 0.29) is 13.0 Å². The van der Waals surface area contributed by atoms with E-state index in [1.165, 1.54) is 0 Å². The second-order valence-electron chi connectivity index (χ2n) is 3.64. The van der Waals surface area contributed by atoms with E-state index in [0.717, 1.165) is 5.56 Å². The van der Waals surface area contributed by atoms with E-state index in [9.17, 15) is 14.7 Å². The van der Waals surface area contributed by atoms with Crippen molar-refractivity contribution in [2.24, 2.45) is 0 Å². The summed E-state index contributed by atoms with van der Waals surface area (Å²) in [6.07, 6.45) is 0.409. The summed E-state index contributed by atoms with van der Waals surface area (Å²) in [6, 6.07) is 8.93. The molecule has 1 aromatic rings. The highest BCUT2D eigenvalue weighted by Crippen LogP contribution is 2.17. The molecule has 0 aliphatic rings. The lowest BCUT2D eigenvalue weighted by atomic mass is 10.1. The van der Waals surface area contributed by atoms with Crippen molar-refractivity contribution >= 4 is 12.3 Å². The van der Waals surface area contributed by atoms with Crippen molar-refractivity contribution in [1.82, 2.24) is 0 Å². The zero-order valence-corrected chi connectivity index (χ0v) is 10.2. The number of esters is 1. The molecule has 1 N–H and O–H groups in total. The van der Waals surface area contributed by atoms with Gasteiger partial charge in [-0.2, -0.15) is 0 Å². The second kappa shape index (κ2) is 6.88. The molecule has 0 saturated carbocycles. The number of carbonyl (C=O) groups is 2. The van der Waals surface area contributed by atoms with Gasteiger partial charge in [0, 0.05) is 13.0 Å². The monoisotopic (exact) mass is 252 g/mol. The molecule has 1 rings (SSSR count). The smallest absolute Gasteiger partial charge is 0.367 e.